The van der Waals surface area contributed by atoms with Crippen LogP contribution in [0.5, 0.6) is 0 Å². The molecule has 0 saturated carbocycles. The topological polar surface area (TPSA) is 58.9 Å². The van der Waals surface area contributed by atoms with Crippen molar-refractivity contribution in [2.45, 2.75) is 6.18 Å². The maximum Gasteiger partial charge on any atom is 0.435 e. The van der Waals surface area contributed by atoms with Crippen LogP contribution in [0.1, 0.15) is 16.1 Å². The van der Waals surface area contributed by atoms with Gasteiger partial charge in [0, 0.05) is 19.3 Å². The fourth-order valence-electron chi connectivity index (χ4n) is 1.86. The van der Waals surface area contributed by atoms with E-state index in [2.05, 4.69) is 15.7 Å². The normalized spacial score (nSPS) is 11.5. The molecule has 1 aromatic carbocycles. The molecule has 2 rings (SSSR count). The van der Waals surface area contributed by atoms with Gasteiger partial charge in [-0.3, -0.25) is 4.79 Å². The summed E-state index contributed by atoms with van der Waals surface area (Å²) in [6, 6.07) is 8.31. The molecule has 8 heteroatoms. The van der Waals surface area contributed by atoms with Gasteiger partial charge in [0.05, 0.1) is 11.3 Å². The average Bonchev–Trinajstić information content (AvgIpc) is 2.94. The first kappa shape index (κ1) is 16.0. The fourth-order valence-corrected chi connectivity index (χ4v) is 1.86. The maximum atomic E-state index is 13.1. The highest BCUT2D eigenvalue weighted by Crippen LogP contribution is 2.31. The number of halogens is 3. The van der Waals surface area contributed by atoms with Gasteiger partial charge in [0.15, 0.2) is 5.69 Å². The van der Waals surface area contributed by atoms with Crippen LogP contribution < -0.4 is 10.6 Å². The SMILES string of the molecule is CNCCNC(=O)c1cn(-c2ccccc2)nc1C(F)(F)F. The molecule has 22 heavy (non-hydrogen) atoms. The van der Waals surface area contributed by atoms with Crippen molar-refractivity contribution in [3.05, 3.63) is 47.8 Å². The third-order valence-corrected chi connectivity index (χ3v) is 2.91. The lowest BCUT2D eigenvalue weighted by molar-refractivity contribution is -0.141. The zero-order valence-corrected chi connectivity index (χ0v) is 11.8. The summed E-state index contributed by atoms with van der Waals surface area (Å²) in [5, 5.41) is 8.73. The minimum Gasteiger partial charge on any atom is -0.351 e. The summed E-state index contributed by atoms with van der Waals surface area (Å²) in [4.78, 5) is 11.9. The van der Waals surface area contributed by atoms with Gasteiger partial charge in [-0.1, -0.05) is 18.2 Å². The fraction of sp³-hybridized carbons (Fsp3) is 0.286. The van der Waals surface area contributed by atoms with E-state index in [1.54, 1.807) is 37.4 Å². The summed E-state index contributed by atoms with van der Waals surface area (Å²) in [6.07, 6.45) is -3.61. The minimum absolute atomic E-state index is 0.225. The van der Waals surface area contributed by atoms with E-state index in [1.165, 1.54) is 0 Å². The van der Waals surface area contributed by atoms with Crippen molar-refractivity contribution in [1.29, 1.82) is 0 Å². The second-order valence-electron chi connectivity index (χ2n) is 4.53. The predicted molar refractivity (Wildman–Crippen MR) is 74.8 cm³/mol. The Bertz CT molecular complexity index is 637. The molecule has 1 aromatic heterocycles. The van der Waals surface area contributed by atoms with Gasteiger partial charge in [0.2, 0.25) is 0 Å². The third-order valence-electron chi connectivity index (χ3n) is 2.91. The third kappa shape index (κ3) is 3.64. The molecule has 1 heterocycles. The molecule has 0 radical (unpaired) electrons. The Morgan fingerprint density at radius 3 is 2.50 bits per heavy atom. The second kappa shape index (κ2) is 6.61. The standard InChI is InChI=1S/C14H15F3N4O/c1-18-7-8-19-13(22)11-9-21(10-5-3-2-4-6-10)20-12(11)14(15,16)17/h2-6,9,18H,7-8H2,1H3,(H,19,22). The van der Waals surface area contributed by atoms with Crippen LogP contribution in [0.4, 0.5) is 13.2 Å². The Kier molecular flexibility index (Phi) is 4.81. The van der Waals surface area contributed by atoms with Crippen LogP contribution in [0.25, 0.3) is 5.69 Å². The Morgan fingerprint density at radius 2 is 1.91 bits per heavy atom. The molecule has 5 nitrogen and oxygen atoms in total. The molecule has 2 aromatic rings. The lowest BCUT2D eigenvalue weighted by Crippen LogP contribution is -2.31. The van der Waals surface area contributed by atoms with E-state index in [9.17, 15) is 18.0 Å². The van der Waals surface area contributed by atoms with Gasteiger partial charge in [0.1, 0.15) is 0 Å². The van der Waals surface area contributed by atoms with Crippen molar-refractivity contribution < 1.29 is 18.0 Å². The van der Waals surface area contributed by atoms with Crippen molar-refractivity contribution in [2.24, 2.45) is 0 Å². The van der Waals surface area contributed by atoms with Crippen LogP contribution in [-0.4, -0.2) is 35.8 Å². The van der Waals surface area contributed by atoms with Crippen LogP contribution in [0, 0.1) is 0 Å². The highest BCUT2D eigenvalue weighted by Gasteiger charge is 2.39. The zero-order chi connectivity index (χ0) is 16.2. The number of carbonyl (C=O) groups is 1. The summed E-state index contributed by atoms with van der Waals surface area (Å²) >= 11 is 0. The van der Waals surface area contributed by atoms with Gasteiger partial charge in [-0.05, 0) is 19.2 Å². The molecule has 0 spiro atoms. The van der Waals surface area contributed by atoms with Gasteiger partial charge in [-0.2, -0.15) is 18.3 Å². The van der Waals surface area contributed by atoms with Gasteiger partial charge in [-0.25, -0.2) is 4.68 Å². The number of aromatic nitrogens is 2. The van der Waals surface area contributed by atoms with E-state index in [1.807, 2.05) is 0 Å². The summed E-state index contributed by atoms with van der Waals surface area (Å²) in [5.41, 5.74) is -1.24. The van der Waals surface area contributed by atoms with Gasteiger partial charge < -0.3 is 10.6 Å². The molecular formula is C14H15F3N4O. The summed E-state index contributed by atoms with van der Waals surface area (Å²) < 4.78 is 40.2. The number of hydrogen-bond acceptors (Lipinski definition) is 3. The molecule has 0 atom stereocenters. The molecule has 0 bridgehead atoms. The smallest absolute Gasteiger partial charge is 0.351 e. The lowest BCUT2D eigenvalue weighted by Gasteiger charge is -2.06. The largest absolute Gasteiger partial charge is 0.435 e. The second-order valence-corrected chi connectivity index (χ2v) is 4.53. The predicted octanol–water partition coefficient (Wildman–Crippen LogP) is 1.84. The van der Waals surface area contributed by atoms with E-state index >= 15 is 0 Å². The molecule has 0 aliphatic carbocycles. The molecule has 0 aliphatic heterocycles. The van der Waals surface area contributed by atoms with E-state index in [-0.39, 0.29) is 6.54 Å². The number of amides is 1. The number of rotatable bonds is 5. The van der Waals surface area contributed by atoms with E-state index in [0.717, 1.165) is 10.9 Å². The Labute approximate surface area is 125 Å². The number of hydrogen-bond donors (Lipinski definition) is 2. The highest BCUT2D eigenvalue weighted by atomic mass is 19.4. The molecule has 0 saturated heterocycles. The van der Waals surface area contributed by atoms with E-state index < -0.39 is 23.3 Å². The molecule has 0 unspecified atom stereocenters. The lowest BCUT2D eigenvalue weighted by atomic mass is 10.2. The molecule has 0 aliphatic rings. The summed E-state index contributed by atoms with van der Waals surface area (Å²) in [6.45, 7) is 0.684. The Balaban J connectivity index is 2.35. The van der Waals surface area contributed by atoms with Crippen molar-refractivity contribution in [2.75, 3.05) is 20.1 Å². The zero-order valence-electron chi connectivity index (χ0n) is 11.8. The van der Waals surface area contributed by atoms with Crippen LogP contribution in [0.2, 0.25) is 0 Å². The van der Waals surface area contributed by atoms with E-state index in [0.29, 0.717) is 12.2 Å². The average molecular weight is 312 g/mol. The molecule has 0 fully saturated rings. The number of nitrogens with zero attached hydrogens (tertiary/aromatic N) is 2. The minimum atomic E-state index is -4.70. The summed E-state index contributed by atoms with van der Waals surface area (Å²) in [7, 11) is 1.68. The van der Waals surface area contributed by atoms with Gasteiger partial charge in [-0.15, -0.1) is 0 Å². The number of alkyl halides is 3. The number of para-hydroxylation sites is 1. The Morgan fingerprint density at radius 1 is 1.23 bits per heavy atom. The van der Waals surface area contributed by atoms with Crippen LogP contribution in [0.15, 0.2) is 36.5 Å². The summed E-state index contributed by atoms with van der Waals surface area (Å²) in [5.74, 6) is -0.801. The number of carbonyl (C=O) groups excluding carboxylic acids is 1. The number of likely N-dealkylation sites (N-methyl/N-ethyl adjacent to an activating group) is 1. The monoisotopic (exact) mass is 312 g/mol. The maximum absolute atomic E-state index is 13.1. The first-order chi connectivity index (χ1) is 10.4. The van der Waals surface area contributed by atoms with Crippen LogP contribution in [-0.2, 0) is 6.18 Å². The molecular weight excluding hydrogens is 297 g/mol. The Hall–Kier alpha value is -2.35. The first-order valence-electron chi connectivity index (χ1n) is 6.58. The van der Waals surface area contributed by atoms with E-state index in [4.69, 9.17) is 0 Å². The number of nitrogens with one attached hydrogen (secondary N) is 2. The number of benzene rings is 1. The highest BCUT2D eigenvalue weighted by molar-refractivity contribution is 5.95. The van der Waals surface area contributed by atoms with Crippen LogP contribution >= 0.6 is 0 Å². The van der Waals surface area contributed by atoms with Crippen molar-refractivity contribution >= 4 is 5.91 Å². The van der Waals surface area contributed by atoms with Crippen molar-refractivity contribution in [3.8, 4) is 5.69 Å². The molecule has 2 N–H and O–H groups in total. The van der Waals surface area contributed by atoms with Crippen molar-refractivity contribution in [3.63, 3.8) is 0 Å². The molecule has 118 valence electrons. The van der Waals surface area contributed by atoms with Crippen molar-refractivity contribution in [1.82, 2.24) is 20.4 Å². The van der Waals surface area contributed by atoms with Gasteiger partial charge >= 0.3 is 6.18 Å². The first-order valence-corrected chi connectivity index (χ1v) is 6.58. The quantitative estimate of drug-likeness (QED) is 0.828. The van der Waals surface area contributed by atoms with Gasteiger partial charge in [0.25, 0.3) is 5.91 Å². The van der Waals surface area contributed by atoms with Crippen LogP contribution in [0.3, 0.4) is 0 Å². The molecule has 1 amide bonds.